The summed E-state index contributed by atoms with van der Waals surface area (Å²) in [6, 6.07) is 8.06. The van der Waals surface area contributed by atoms with E-state index in [2.05, 4.69) is 31.0 Å². The van der Waals surface area contributed by atoms with Crippen LogP contribution in [0.3, 0.4) is 0 Å². The number of ether oxygens (including phenoxy) is 1. The van der Waals surface area contributed by atoms with Crippen molar-refractivity contribution in [2.75, 3.05) is 20.2 Å². The second-order valence-electron chi connectivity index (χ2n) is 4.48. The number of aryl methyl sites for hydroxylation is 1. The fourth-order valence-corrected chi connectivity index (χ4v) is 2.93. The van der Waals surface area contributed by atoms with E-state index < -0.39 is 0 Å². The molecule has 1 aromatic heterocycles. The third-order valence-electron chi connectivity index (χ3n) is 3.01. The molecule has 1 N–H and O–H groups in total. The Morgan fingerprint density at radius 2 is 2.10 bits per heavy atom. The summed E-state index contributed by atoms with van der Waals surface area (Å²) in [4.78, 5) is 6.00. The lowest BCUT2D eigenvalue weighted by atomic mass is 10.1. The van der Waals surface area contributed by atoms with E-state index in [4.69, 9.17) is 9.72 Å². The van der Waals surface area contributed by atoms with Crippen LogP contribution in [0.4, 0.5) is 0 Å². The lowest BCUT2D eigenvalue weighted by Gasteiger charge is -2.01. The van der Waals surface area contributed by atoms with Gasteiger partial charge >= 0.3 is 0 Å². The Hall–Kier alpha value is -1.65. The Bertz CT molecular complexity index is 560. The van der Waals surface area contributed by atoms with Gasteiger partial charge in [-0.15, -0.1) is 17.9 Å². The molecule has 106 valence electrons. The first-order valence-electron chi connectivity index (χ1n) is 6.67. The van der Waals surface area contributed by atoms with Gasteiger partial charge in [-0.1, -0.05) is 6.08 Å². The molecule has 20 heavy (non-hydrogen) atoms. The number of benzene rings is 1. The summed E-state index contributed by atoms with van der Waals surface area (Å²) in [7, 11) is 1.68. The number of aromatic nitrogens is 1. The zero-order valence-corrected chi connectivity index (χ0v) is 12.8. The van der Waals surface area contributed by atoms with E-state index in [1.807, 2.05) is 18.2 Å². The Kier molecular flexibility index (Phi) is 5.32. The molecule has 0 aliphatic heterocycles. The zero-order chi connectivity index (χ0) is 14.4. The largest absolute Gasteiger partial charge is 0.497 e. The Morgan fingerprint density at radius 3 is 2.75 bits per heavy atom. The van der Waals surface area contributed by atoms with E-state index in [1.165, 1.54) is 9.88 Å². The second-order valence-corrected chi connectivity index (χ2v) is 5.77. The number of thiazole rings is 1. The average Bonchev–Trinajstić information content (AvgIpc) is 2.85. The van der Waals surface area contributed by atoms with E-state index in [0.717, 1.165) is 36.5 Å². The molecule has 0 fully saturated rings. The van der Waals surface area contributed by atoms with Gasteiger partial charge < -0.3 is 10.1 Å². The van der Waals surface area contributed by atoms with Gasteiger partial charge in [0.1, 0.15) is 5.75 Å². The topological polar surface area (TPSA) is 34.2 Å². The summed E-state index contributed by atoms with van der Waals surface area (Å²) in [5.41, 5.74) is 2.22. The zero-order valence-electron chi connectivity index (χ0n) is 12.0. The highest BCUT2D eigenvalue weighted by molar-refractivity contribution is 7.12. The molecule has 0 aliphatic rings. The molecule has 0 bridgehead atoms. The van der Waals surface area contributed by atoms with Crippen LogP contribution in [0.5, 0.6) is 5.75 Å². The van der Waals surface area contributed by atoms with Crippen LogP contribution >= 0.6 is 11.3 Å². The summed E-state index contributed by atoms with van der Waals surface area (Å²) >= 11 is 1.77. The molecule has 0 amide bonds. The van der Waals surface area contributed by atoms with E-state index >= 15 is 0 Å². The summed E-state index contributed by atoms with van der Waals surface area (Å²) in [6.07, 6.45) is 2.82. The van der Waals surface area contributed by atoms with Gasteiger partial charge in [0.05, 0.1) is 17.8 Å². The SMILES string of the molecule is C=CCNCCc1nc(-c2ccc(OC)cc2)c(C)s1. The predicted octanol–water partition coefficient (Wildman–Crippen LogP) is 3.45. The molecule has 0 atom stereocenters. The average molecular weight is 288 g/mol. The van der Waals surface area contributed by atoms with Crippen LogP contribution in [0.1, 0.15) is 9.88 Å². The number of nitrogens with one attached hydrogen (secondary N) is 1. The van der Waals surface area contributed by atoms with Crippen molar-refractivity contribution in [2.45, 2.75) is 13.3 Å². The molecule has 0 saturated heterocycles. The first-order chi connectivity index (χ1) is 9.74. The maximum atomic E-state index is 5.18. The van der Waals surface area contributed by atoms with Gasteiger partial charge in [-0.3, -0.25) is 0 Å². The number of nitrogens with zero attached hydrogens (tertiary/aromatic N) is 1. The van der Waals surface area contributed by atoms with Crippen molar-refractivity contribution < 1.29 is 4.74 Å². The molecular formula is C16H20N2OS. The van der Waals surface area contributed by atoms with Crippen LogP contribution in [0.2, 0.25) is 0 Å². The van der Waals surface area contributed by atoms with Crippen molar-refractivity contribution >= 4 is 11.3 Å². The molecule has 2 rings (SSSR count). The van der Waals surface area contributed by atoms with Gasteiger partial charge in [-0.05, 0) is 31.2 Å². The van der Waals surface area contributed by atoms with E-state index in [0.29, 0.717) is 0 Å². The molecule has 1 aromatic carbocycles. The lowest BCUT2D eigenvalue weighted by molar-refractivity contribution is 0.415. The van der Waals surface area contributed by atoms with Gasteiger partial charge in [0.15, 0.2) is 0 Å². The van der Waals surface area contributed by atoms with Crippen LogP contribution in [0.15, 0.2) is 36.9 Å². The minimum Gasteiger partial charge on any atom is -0.497 e. The quantitative estimate of drug-likeness (QED) is 0.626. The third kappa shape index (κ3) is 3.68. The monoisotopic (exact) mass is 288 g/mol. The van der Waals surface area contributed by atoms with Gasteiger partial charge in [-0.25, -0.2) is 4.98 Å². The Morgan fingerprint density at radius 1 is 1.35 bits per heavy atom. The maximum Gasteiger partial charge on any atom is 0.118 e. The second kappa shape index (κ2) is 7.22. The smallest absolute Gasteiger partial charge is 0.118 e. The van der Waals surface area contributed by atoms with Gasteiger partial charge in [-0.2, -0.15) is 0 Å². The summed E-state index contributed by atoms with van der Waals surface area (Å²) in [5.74, 6) is 0.871. The molecule has 0 saturated carbocycles. The summed E-state index contributed by atoms with van der Waals surface area (Å²) in [5, 5.41) is 4.47. The van der Waals surface area contributed by atoms with Crippen LogP contribution in [0.25, 0.3) is 11.3 Å². The van der Waals surface area contributed by atoms with Crippen LogP contribution in [-0.4, -0.2) is 25.2 Å². The first kappa shape index (κ1) is 14.8. The van der Waals surface area contributed by atoms with Crippen LogP contribution in [0, 0.1) is 6.92 Å². The van der Waals surface area contributed by atoms with Crippen molar-refractivity contribution in [1.29, 1.82) is 0 Å². The fourth-order valence-electron chi connectivity index (χ4n) is 1.97. The van der Waals surface area contributed by atoms with Crippen molar-refractivity contribution in [1.82, 2.24) is 10.3 Å². The number of rotatable bonds is 7. The van der Waals surface area contributed by atoms with Crippen molar-refractivity contribution in [2.24, 2.45) is 0 Å². The van der Waals surface area contributed by atoms with Crippen LogP contribution < -0.4 is 10.1 Å². The van der Waals surface area contributed by atoms with E-state index in [1.54, 1.807) is 18.4 Å². The summed E-state index contributed by atoms with van der Waals surface area (Å²) in [6.45, 7) is 7.59. The van der Waals surface area contributed by atoms with Gasteiger partial charge in [0.25, 0.3) is 0 Å². The van der Waals surface area contributed by atoms with Crippen molar-refractivity contribution in [3.8, 4) is 17.0 Å². The highest BCUT2D eigenvalue weighted by Gasteiger charge is 2.09. The minimum absolute atomic E-state index is 0.843. The predicted molar refractivity (Wildman–Crippen MR) is 85.6 cm³/mol. The van der Waals surface area contributed by atoms with Crippen LogP contribution in [-0.2, 0) is 6.42 Å². The van der Waals surface area contributed by atoms with Gasteiger partial charge in [0.2, 0.25) is 0 Å². The first-order valence-corrected chi connectivity index (χ1v) is 7.48. The van der Waals surface area contributed by atoms with Gasteiger partial charge in [0, 0.05) is 30.0 Å². The number of hydrogen-bond donors (Lipinski definition) is 1. The minimum atomic E-state index is 0.843. The maximum absolute atomic E-state index is 5.18. The fraction of sp³-hybridized carbons (Fsp3) is 0.312. The number of hydrogen-bond acceptors (Lipinski definition) is 4. The molecule has 0 unspecified atom stereocenters. The Labute approximate surface area is 124 Å². The van der Waals surface area contributed by atoms with E-state index in [9.17, 15) is 0 Å². The van der Waals surface area contributed by atoms with E-state index in [-0.39, 0.29) is 0 Å². The highest BCUT2D eigenvalue weighted by Crippen LogP contribution is 2.28. The summed E-state index contributed by atoms with van der Waals surface area (Å²) < 4.78 is 5.18. The number of methoxy groups -OCH3 is 1. The molecule has 4 heteroatoms. The molecule has 2 aromatic rings. The molecule has 0 radical (unpaired) electrons. The lowest BCUT2D eigenvalue weighted by Crippen LogP contribution is -2.16. The Balaban J connectivity index is 2.07. The van der Waals surface area contributed by atoms with Crippen molar-refractivity contribution in [3.05, 3.63) is 46.8 Å². The molecule has 0 spiro atoms. The molecule has 1 heterocycles. The molecular weight excluding hydrogens is 268 g/mol. The standard InChI is InChI=1S/C16H20N2OS/c1-4-10-17-11-9-15-18-16(12(2)20-15)13-5-7-14(19-3)8-6-13/h4-8,17H,1,9-11H2,2-3H3. The molecule has 0 aliphatic carbocycles. The molecule has 3 nitrogen and oxygen atoms in total. The highest BCUT2D eigenvalue weighted by atomic mass is 32.1. The third-order valence-corrected chi connectivity index (χ3v) is 4.04. The normalized spacial score (nSPS) is 10.5. The van der Waals surface area contributed by atoms with Crippen molar-refractivity contribution in [3.63, 3.8) is 0 Å².